The molecule has 19 heavy (non-hydrogen) atoms. The first-order chi connectivity index (χ1) is 8.67. The molecule has 0 radical (unpaired) electrons. The van der Waals surface area contributed by atoms with Gasteiger partial charge in [0.15, 0.2) is 0 Å². The van der Waals surface area contributed by atoms with Gasteiger partial charge in [-0.25, -0.2) is 4.79 Å². The van der Waals surface area contributed by atoms with E-state index in [-0.39, 0.29) is 12.6 Å². The molecule has 2 N–H and O–H groups in total. The molecule has 0 spiro atoms. The molecular weight excluding hydrogens is 244 g/mol. The summed E-state index contributed by atoms with van der Waals surface area (Å²) in [5.41, 5.74) is -0.248. The fourth-order valence-corrected chi connectivity index (χ4v) is 1.77. The van der Waals surface area contributed by atoms with Crippen LogP contribution in [-0.4, -0.2) is 45.0 Å². The van der Waals surface area contributed by atoms with Crippen LogP contribution in [0.5, 0.6) is 0 Å². The van der Waals surface area contributed by atoms with E-state index in [1.54, 1.807) is 38.0 Å². The standard InChI is InChI=1S/C13H24N4O2/c1-10(2)7-17-8-11(6-14-17)15-12(18)16(5)9-13(3,4)19/h6,8,10,19H,7,9H2,1-5H3,(H,15,18). The van der Waals surface area contributed by atoms with Crippen molar-refractivity contribution >= 4 is 11.7 Å². The Morgan fingerprint density at radius 2 is 2.21 bits per heavy atom. The van der Waals surface area contributed by atoms with E-state index in [2.05, 4.69) is 24.3 Å². The van der Waals surface area contributed by atoms with Gasteiger partial charge in [0.25, 0.3) is 0 Å². The molecule has 1 heterocycles. The van der Waals surface area contributed by atoms with Crippen LogP contribution in [0.15, 0.2) is 12.4 Å². The van der Waals surface area contributed by atoms with Crippen LogP contribution in [0.25, 0.3) is 0 Å². The van der Waals surface area contributed by atoms with Crippen molar-refractivity contribution in [1.82, 2.24) is 14.7 Å². The molecular formula is C13H24N4O2. The Morgan fingerprint density at radius 3 is 2.74 bits per heavy atom. The van der Waals surface area contributed by atoms with Crippen LogP contribution in [0.1, 0.15) is 27.7 Å². The number of aliphatic hydroxyl groups is 1. The molecule has 6 nitrogen and oxygen atoms in total. The maximum Gasteiger partial charge on any atom is 0.321 e. The lowest BCUT2D eigenvalue weighted by molar-refractivity contribution is 0.0550. The van der Waals surface area contributed by atoms with Gasteiger partial charge in [-0.1, -0.05) is 13.8 Å². The molecule has 0 bridgehead atoms. The minimum atomic E-state index is -0.909. The van der Waals surface area contributed by atoms with Crippen LogP contribution in [0.2, 0.25) is 0 Å². The molecule has 0 aliphatic carbocycles. The van der Waals surface area contributed by atoms with Crippen molar-refractivity contribution in [2.45, 2.75) is 39.8 Å². The van der Waals surface area contributed by atoms with Gasteiger partial charge in [-0.15, -0.1) is 0 Å². The Kier molecular flexibility index (Phi) is 4.94. The second-order valence-electron chi connectivity index (χ2n) is 5.94. The lowest BCUT2D eigenvalue weighted by Gasteiger charge is -2.25. The Morgan fingerprint density at radius 1 is 1.58 bits per heavy atom. The molecule has 0 saturated carbocycles. The van der Waals surface area contributed by atoms with E-state index >= 15 is 0 Å². The molecule has 108 valence electrons. The topological polar surface area (TPSA) is 70.4 Å². The number of urea groups is 1. The number of carbonyl (C=O) groups excluding carboxylic acids is 1. The molecule has 0 aromatic carbocycles. The minimum absolute atomic E-state index is 0.258. The van der Waals surface area contributed by atoms with Crippen LogP contribution in [0, 0.1) is 5.92 Å². The fourth-order valence-electron chi connectivity index (χ4n) is 1.77. The first-order valence-corrected chi connectivity index (χ1v) is 6.44. The lowest BCUT2D eigenvalue weighted by atomic mass is 10.1. The summed E-state index contributed by atoms with van der Waals surface area (Å²) in [5, 5.41) is 16.6. The Bertz CT molecular complexity index is 421. The van der Waals surface area contributed by atoms with Gasteiger partial charge < -0.3 is 15.3 Å². The van der Waals surface area contributed by atoms with Crippen molar-refractivity contribution in [3.05, 3.63) is 12.4 Å². The molecule has 0 saturated heterocycles. The monoisotopic (exact) mass is 268 g/mol. The quantitative estimate of drug-likeness (QED) is 0.855. The molecule has 0 unspecified atom stereocenters. The van der Waals surface area contributed by atoms with E-state index in [1.807, 2.05) is 0 Å². The normalized spacial score (nSPS) is 11.7. The van der Waals surface area contributed by atoms with Crippen molar-refractivity contribution in [3.63, 3.8) is 0 Å². The highest BCUT2D eigenvalue weighted by molar-refractivity contribution is 5.88. The number of likely N-dealkylation sites (N-methyl/N-ethyl adjacent to an activating group) is 1. The number of amides is 2. The van der Waals surface area contributed by atoms with Gasteiger partial charge in [-0.2, -0.15) is 5.10 Å². The number of hydrogen-bond donors (Lipinski definition) is 2. The average molecular weight is 268 g/mol. The number of nitrogens with zero attached hydrogens (tertiary/aromatic N) is 3. The van der Waals surface area contributed by atoms with Gasteiger partial charge in [0, 0.05) is 19.8 Å². The van der Waals surface area contributed by atoms with Crippen LogP contribution in [0.3, 0.4) is 0 Å². The number of rotatable bonds is 5. The van der Waals surface area contributed by atoms with Crippen molar-refractivity contribution in [2.24, 2.45) is 5.92 Å². The molecule has 2 amide bonds. The van der Waals surface area contributed by atoms with Crippen LogP contribution >= 0.6 is 0 Å². The molecule has 1 aromatic rings. The lowest BCUT2D eigenvalue weighted by Crippen LogP contribution is -2.41. The maximum absolute atomic E-state index is 11.9. The van der Waals surface area contributed by atoms with Gasteiger partial charge in [0.2, 0.25) is 0 Å². The molecule has 0 aliphatic rings. The van der Waals surface area contributed by atoms with E-state index in [9.17, 15) is 9.90 Å². The van der Waals surface area contributed by atoms with Gasteiger partial charge in [0.05, 0.1) is 24.0 Å². The molecule has 6 heteroatoms. The largest absolute Gasteiger partial charge is 0.389 e. The Balaban J connectivity index is 2.54. The summed E-state index contributed by atoms with van der Waals surface area (Å²) in [6.45, 7) is 8.62. The van der Waals surface area contributed by atoms with E-state index in [1.165, 1.54) is 4.90 Å². The molecule has 1 rings (SSSR count). The summed E-state index contributed by atoms with van der Waals surface area (Å²) in [6.07, 6.45) is 3.42. The van der Waals surface area contributed by atoms with Crippen molar-refractivity contribution in [1.29, 1.82) is 0 Å². The predicted octanol–water partition coefficient (Wildman–Crippen LogP) is 1.77. The fraction of sp³-hybridized carbons (Fsp3) is 0.692. The summed E-state index contributed by atoms with van der Waals surface area (Å²) in [7, 11) is 1.64. The zero-order valence-electron chi connectivity index (χ0n) is 12.3. The number of anilines is 1. The zero-order valence-corrected chi connectivity index (χ0v) is 12.3. The third-order valence-electron chi connectivity index (χ3n) is 2.41. The number of carbonyl (C=O) groups is 1. The van der Waals surface area contributed by atoms with Gasteiger partial charge in [-0.3, -0.25) is 4.68 Å². The molecule has 0 fully saturated rings. The van der Waals surface area contributed by atoms with Gasteiger partial charge in [-0.05, 0) is 19.8 Å². The average Bonchev–Trinajstić information content (AvgIpc) is 2.61. The van der Waals surface area contributed by atoms with E-state index in [0.29, 0.717) is 11.6 Å². The van der Waals surface area contributed by atoms with E-state index in [4.69, 9.17) is 0 Å². The molecule has 0 atom stereocenters. The zero-order chi connectivity index (χ0) is 14.6. The summed E-state index contributed by atoms with van der Waals surface area (Å²) in [4.78, 5) is 13.3. The van der Waals surface area contributed by atoms with Crippen molar-refractivity contribution in [2.75, 3.05) is 18.9 Å². The SMILES string of the molecule is CC(C)Cn1cc(NC(=O)N(C)CC(C)(C)O)cn1. The summed E-state index contributed by atoms with van der Waals surface area (Å²) < 4.78 is 1.80. The number of aromatic nitrogens is 2. The van der Waals surface area contributed by atoms with Gasteiger partial charge >= 0.3 is 6.03 Å². The Hall–Kier alpha value is -1.56. The minimum Gasteiger partial charge on any atom is -0.389 e. The van der Waals surface area contributed by atoms with E-state index in [0.717, 1.165) is 6.54 Å². The van der Waals surface area contributed by atoms with Gasteiger partial charge in [0.1, 0.15) is 0 Å². The first kappa shape index (κ1) is 15.5. The van der Waals surface area contributed by atoms with Crippen molar-refractivity contribution < 1.29 is 9.90 Å². The maximum atomic E-state index is 11.9. The second-order valence-corrected chi connectivity index (χ2v) is 5.94. The molecule has 0 aliphatic heterocycles. The smallest absolute Gasteiger partial charge is 0.321 e. The third-order valence-corrected chi connectivity index (χ3v) is 2.41. The highest BCUT2D eigenvalue weighted by Crippen LogP contribution is 2.09. The van der Waals surface area contributed by atoms with Crippen LogP contribution in [0.4, 0.5) is 10.5 Å². The van der Waals surface area contributed by atoms with E-state index < -0.39 is 5.60 Å². The number of nitrogens with one attached hydrogen (secondary N) is 1. The third kappa shape index (κ3) is 5.74. The summed E-state index contributed by atoms with van der Waals surface area (Å²) in [5.74, 6) is 0.501. The highest BCUT2D eigenvalue weighted by atomic mass is 16.3. The Labute approximate surface area is 114 Å². The first-order valence-electron chi connectivity index (χ1n) is 6.44. The molecule has 1 aromatic heterocycles. The summed E-state index contributed by atoms with van der Waals surface area (Å²) >= 11 is 0. The number of hydrogen-bond acceptors (Lipinski definition) is 3. The summed E-state index contributed by atoms with van der Waals surface area (Å²) in [6, 6.07) is -0.258. The highest BCUT2D eigenvalue weighted by Gasteiger charge is 2.19. The van der Waals surface area contributed by atoms with Crippen LogP contribution in [-0.2, 0) is 6.54 Å². The van der Waals surface area contributed by atoms with Crippen molar-refractivity contribution in [3.8, 4) is 0 Å². The van der Waals surface area contributed by atoms with Crippen LogP contribution < -0.4 is 5.32 Å². The second kappa shape index (κ2) is 6.06. The predicted molar refractivity (Wildman–Crippen MR) is 75.0 cm³/mol.